The number of hydrogen-bond donors (Lipinski definition) is 2. The highest BCUT2D eigenvalue weighted by Gasteiger charge is 2.34. The Labute approximate surface area is 183 Å². The number of piperazine rings is 1. The number of rotatable bonds is 5. The molecule has 1 unspecified atom stereocenters. The Bertz CT molecular complexity index is 942. The lowest BCUT2D eigenvalue weighted by Gasteiger charge is -2.35. The molecule has 3 rings (SSSR count). The van der Waals surface area contributed by atoms with Gasteiger partial charge in [0.05, 0.1) is 18.2 Å². The van der Waals surface area contributed by atoms with Crippen LogP contribution in [0.3, 0.4) is 0 Å². The summed E-state index contributed by atoms with van der Waals surface area (Å²) in [6.45, 7) is 3.18. The molecule has 0 saturated carbocycles. The second-order valence-corrected chi connectivity index (χ2v) is 7.57. The number of halogens is 4. The number of carbonyl (C=O) groups is 2. The van der Waals surface area contributed by atoms with Crippen molar-refractivity contribution in [3.63, 3.8) is 0 Å². The Morgan fingerprint density at radius 2 is 1.62 bits per heavy atom. The Kier molecular flexibility index (Phi) is 7.34. The largest absolute Gasteiger partial charge is 0.416 e. The van der Waals surface area contributed by atoms with Crippen LogP contribution in [-0.2, 0) is 11.0 Å². The summed E-state index contributed by atoms with van der Waals surface area (Å²) in [6, 6.07) is 9.32. The Morgan fingerprint density at radius 1 is 1.00 bits per heavy atom. The van der Waals surface area contributed by atoms with E-state index >= 15 is 0 Å². The van der Waals surface area contributed by atoms with Gasteiger partial charge in [-0.25, -0.2) is 9.18 Å². The molecule has 172 valence electrons. The smallest absolute Gasteiger partial charge is 0.331 e. The van der Waals surface area contributed by atoms with Gasteiger partial charge < -0.3 is 15.5 Å². The number of amides is 3. The molecule has 6 nitrogen and oxygen atoms in total. The van der Waals surface area contributed by atoms with Crippen molar-refractivity contribution < 1.29 is 27.2 Å². The number of urea groups is 1. The zero-order chi connectivity index (χ0) is 23.3. The van der Waals surface area contributed by atoms with E-state index in [0.29, 0.717) is 31.9 Å². The van der Waals surface area contributed by atoms with Gasteiger partial charge >= 0.3 is 12.2 Å². The molecule has 0 bridgehead atoms. The zero-order valence-corrected chi connectivity index (χ0v) is 17.5. The molecular weight excluding hydrogens is 428 g/mol. The number of alkyl halides is 3. The minimum atomic E-state index is -4.50. The van der Waals surface area contributed by atoms with E-state index in [1.54, 1.807) is 0 Å². The fourth-order valence-corrected chi connectivity index (χ4v) is 3.53. The molecular formula is C22H24F4N4O2. The molecule has 1 saturated heterocycles. The molecule has 1 heterocycles. The minimum Gasteiger partial charge on any atom is -0.331 e. The third kappa shape index (κ3) is 6.19. The lowest BCUT2D eigenvalue weighted by Crippen LogP contribution is -2.53. The number of anilines is 1. The second kappa shape index (κ2) is 9.99. The Hall–Kier alpha value is -3.14. The van der Waals surface area contributed by atoms with Crippen molar-refractivity contribution in [3.8, 4) is 0 Å². The average molecular weight is 452 g/mol. The number of nitrogens with zero attached hydrogens (tertiary/aromatic N) is 2. The van der Waals surface area contributed by atoms with Crippen LogP contribution >= 0.6 is 0 Å². The first-order chi connectivity index (χ1) is 15.1. The van der Waals surface area contributed by atoms with Crippen molar-refractivity contribution >= 4 is 17.6 Å². The summed E-state index contributed by atoms with van der Waals surface area (Å²) >= 11 is 0. The van der Waals surface area contributed by atoms with Crippen molar-refractivity contribution in [2.24, 2.45) is 0 Å². The summed E-state index contributed by atoms with van der Waals surface area (Å²) in [4.78, 5) is 28.1. The highest BCUT2D eigenvalue weighted by Crippen LogP contribution is 2.34. The summed E-state index contributed by atoms with van der Waals surface area (Å²) in [6.07, 6.45) is -4.50. The lowest BCUT2D eigenvalue weighted by molar-refractivity contribution is -0.138. The van der Waals surface area contributed by atoms with Crippen molar-refractivity contribution in [1.29, 1.82) is 0 Å². The molecule has 2 N–H and O–H groups in total. The average Bonchev–Trinajstić information content (AvgIpc) is 2.75. The summed E-state index contributed by atoms with van der Waals surface area (Å²) in [5.74, 6) is -0.652. The highest BCUT2D eigenvalue weighted by molar-refractivity contribution is 5.92. The summed E-state index contributed by atoms with van der Waals surface area (Å²) in [7, 11) is 0. The van der Waals surface area contributed by atoms with Gasteiger partial charge in [-0.2, -0.15) is 13.2 Å². The van der Waals surface area contributed by atoms with Gasteiger partial charge in [0.15, 0.2) is 0 Å². The van der Waals surface area contributed by atoms with Crippen LogP contribution < -0.4 is 10.6 Å². The third-order valence-corrected chi connectivity index (χ3v) is 5.23. The number of benzene rings is 2. The van der Waals surface area contributed by atoms with Gasteiger partial charge in [-0.3, -0.25) is 9.69 Å². The van der Waals surface area contributed by atoms with Gasteiger partial charge in [-0.15, -0.1) is 0 Å². The molecule has 1 atom stereocenters. The lowest BCUT2D eigenvalue weighted by atomic mass is 10.0. The Morgan fingerprint density at radius 3 is 2.25 bits per heavy atom. The predicted octanol–water partition coefficient (Wildman–Crippen LogP) is 3.87. The first-order valence-corrected chi connectivity index (χ1v) is 10.1. The van der Waals surface area contributed by atoms with Gasteiger partial charge in [0.25, 0.3) is 0 Å². The molecule has 2 aromatic carbocycles. The van der Waals surface area contributed by atoms with Crippen LogP contribution in [0.4, 0.5) is 28.0 Å². The van der Waals surface area contributed by atoms with Crippen molar-refractivity contribution in [2.75, 3.05) is 38.0 Å². The molecule has 32 heavy (non-hydrogen) atoms. The number of hydrogen-bond acceptors (Lipinski definition) is 3. The van der Waals surface area contributed by atoms with E-state index in [1.165, 1.54) is 54.3 Å². The van der Waals surface area contributed by atoms with Crippen LogP contribution in [0.15, 0.2) is 48.5 Å². The van der Waals surface area contributed by atoms with Gasteiger partial charge in [0.2, 0.25) is 5.91 Å². The second-order valence-electron chi connectivity index (χ2n) is 7.57. The van der Waals surface area contributed by atoms with E-state index in [4.69, 9.17) is 0 Å². The van der Waals surface area contributed by atoms with Crippen LogP contribution in [-0.4, -0.2) is 54.5 Å². The van der Waals surface area contributed by atoms with Gasteiger partial charge in [0.1, 0.15) is 5.82 Å². The molecule has 0 radical (unpaired) electrons. The van der Waals surface area contributed by atoms with Gasteiger partial charge in [-0.05, 0) is 42.8 Å². The number of carbonyl (C=O) groups excluding carboxylic acids is 2. The van der Waals surface area contributed by atoms with Crippen LogP contribution in [0.1, 0.15) is 24.1 Å². The minimum absolute atomic E-state index is 0.00412. The monoisotopic (exact) mass is 452 g/mol. The van der Waals surface area contributed by atoms with Gasteiger partial charge in [0, 0.05) is 31.9 Å². The van der Waals surface area contributed by atoms with E-state index in [1.807, 2.05) is 4.90 Å². The van der Waals surface area contributed by atoms with Crippen molar-refractivity contribution in [1.82, 2.24) is 15.1 Å². The van der Waals surface area contributed by atoms with E-state index < -0.39 is 29.6 Å². The van der Waals surface area contributed by atoms with E-state index in [9.17, 15) is 27.2 Å². The SMILES string of the molecule is CC(NC(=O)N1CCN(CC(=O)Nc2ccc(F)cc2)CC1)c1ccccc1C(F)(F)F. The van der Waals surface area contributed by atoms with Crippen molar-refractivity contribution in [2.45, 2.75) is 19.1 Å². The maximum absolute atomic E-state index is 13.2. The Balaban J connectivity index is 1.48. The fourth-order valence-electron chi connectivity index (χ4n) is 3.53. The molecule has 0 aliphatic carbocycles. The van der Waals surface area contributed by atoms with Crippen LogP contribution in [0.2, 0.25) is 0 Å². The zero-order valence-electron chi connectivity index (χ0n) is 17.5. The van der Waals surface area contributed by atoms with Crippen LogP contribution in [0.25, 0.3) is 0 Å². The quantitative estimate of drug-likeness (QED) is 0.677. The maximum atomic E-state index is 13.2. The molecule has 2 aromatic rings. The standard InChI is InChI=1S/C22H24F4N4O2/c1-15(18-4-2-3-5-19(18)22(24,25)26)27-21(32)30-12-10-29(11-13-30)14-20(31)28-17-8-6-16(23)7-9-17/h2-9,15H,10-14H2,1H3,(H,27,32)(H,28,31). The summed E-state index contributed by atoms with van der Waals surface area (Å²) < 4.78 is 52.6. The predicted molar refractivity (Wildman–Crippen MR) is 111 cm³/mol. The fraction of sp³-hybridized carbons (Fsp3) is 0.364. The number of nitrogens with one attached hydrogen (secondary N) is 2. The molecule has 0 spiro atoms. The van der Waals surface area contributed by atoms with Crippen molar-refractivity contribution in [3.05, 3.63) is 65.5 Å². The summed E-state index contributed by atoms with van der Waals surface area (Å²) in [5, 5.41) is 5.31. The molecule has 3 amide bonds. The van der Waals surface area contributed by atoms with Crippen LogP contribution in [0.5, 0.6) is 0 Å². The third-order valence-electron chi connectivity index (χ3n) is 5.23. The van der Waals surface area contributed by atoms with E-state index in [2.05, 4.69) is 10.6 Å². The van der Waals surface area contributed by atoms with Gasteiger partial charge in [-0.1, -0.05) is 18.2 Å². The van der Waals surface area contributed by atoms with E-state index in [-0.39, 0.29) is 18.0 Å². The molecule has 1 aliphatic rings. The van der Waals surface area contributed by atoms with E-state index in [0.717, 1.165) is 6.07 Å². The molecule has 0 aromatic heterocycles. The topological polar surface area (TPSA) is 64.7 Å². The van der Waals surface area contributed by atoms with Crippen LogP contribution in [0, 0.1) is 5.82 Å². The molecule has 1 fully saturated rings. The summed E-state index contributed by atoms with van der Waals surface area (Å²) in [5.41, 5.74) is -0.281. The first kappa shape index (κ1) is 23.5. The highest BCUT2D eigenvalue weighted by atomic mass is 19.4. The normalized spacial score (nSPS) is 15.8. The molecule has 10 heteroatoms. The maximum Gasteiger partial charge on any atom is 0.416 e. The molecule has 1 aliphatic heterocycles. The first-order valence-electron chi connectivity index (χ1n) is 10.1.